The third kappa shape index (κ3) is 4.37. The van der Waals surface area contributed by atoms with Gasteiger partial charge in [-0.3, -0.25) is 9.69 Å². The van der Waals surface area contributed by atoms with Crippen molar-refractivity contribution in [1.82, 2.24) is 9.47 Å². The van der Waals surface area contributed by atoms with Gasteiger partial charge < -0.3 is 4.57 Å². The molecule has 2 aliphatic rings. The standard InChI is InChI=1S/C29H31N3OS/c1-20-12-10-11-17-26(20)32-28(33)27(34-29(32)30-24-13-6-4-7-14-24)19-23-18-21(2)31(22(23)3)25-15-8-5-9-16-25/h4-9,13-16,18-20,26H,10-12,17H2,1-3H3/b27-19-,30-29?/t20-,26-/m1/s1. The predicted octanol–water partition coefficient (Wildman–Crippen LogP) is 7.28. The summed E-state index contributed by atoms with van der Waals surface area (Å²) in [6.07, 6.45) is 6.67. The van der Waals surface area contributed by atoms with Crippen LogP contribution >= 0.6 is 11.8 Å². The van der Waals surface area contributed by atoms with Gasteiger partial charge in [-0.1, -0.05) is 56.2 Å². The Morgan fingerprint density at radius 1 is 0.971 bits per heavy atom. The van der Waals surface area contributed by atoms with E-state index in [1.165, 1.54) is 24.6 Å². The Bertz CT molecular complexity index is 1240. The maximum atomic E-state index is 13.8. The minimum Gasteiger partial charge on any atom is -0.318 e. The van der Waals surface area contributed by atoms with Crippen molar-refractivity contribution in [3.63, 3.8) is 0 Å². The molecule has 34 heavy (non-hydrogen) atoms. The molecule has 1 aliphatic heterocycles. The Kier molecular flexibility index (Phi) is 6.46. The molecule has 2 atom stereocenters. The number of benzene rings is 2. The number of amidine groups is 1. The Balaban J connectivity index is 1.54. The highest BCUT2D eigenvalue weighted by atomic mass is 32.2. The number of carbonyl (C=O) groups is 1. The zero-order chi connectivity index (χ0) is 23.7. The van der Waals surface area contributed by atoms with Crippen LogP contribution in [-0.4, -0.2) is 26.6 Å². The molecule has 1 saturated heterocycles. The average Bonchev–Trinajstić information content (AvgIpc) is 3.30. The number of nitrogens with zero attached hydrogens (tertiary/aromatic N) is 3. The lowest BCUT2D eigenvalue weighted by molar-refractivity contribution is -0.124. The molecule has 0 radical (unpaired) electrons. The average molecular weight is 470 g/mol. The second kappa shape index (κ2) is 9.67. The number of rotatable bonds is 4. The molecule has 0 N–H and O–H groups in total. The summed E-state index contributed by atoms with van der Waals surface area (Å²) in [6, 6.07) is 22.7. The lowest BCUT2D eigenvalue weighted by atomic mass is 9.85. The Morgan fingerprint density at radius 2 is 1.65 bits per heavy atom. The number of para-hydroxylation sites is 2. The molecule has 4 nitrogen and oxygen atoms in total. The van der Waals surface area contributed by atoms with Crippen molar-refractivity contribution in [2.24, 2.45) is 10.9 Å². The quantitative estimate of drug-likeness (QED) is 0.377. The second-order valence-corrected chi connectivity index (χ2v) is 10.4. The van der Waals surface area contributed by atoms with Crippen LogP contribution in [0.3, 0.4) is 0 Å². The lowest BCUT2D eigenvalue weighted by Crippen LogP contribution is -2.44. The van der Waals surface area contributed by atoms with Crippen LogP contribution in [-0.2, 0) is 4.79 Å². The highest BCUT2D eigenvalue weighted by molar-refractivity contribution is 8.18. The van der Waals surface area contributed by atoms with Crippen LogP contribution in [0.4, 0.5) is 5.69 Å². The van der Waals surface area contributed by atoms with E-state index in [9.17, 15) is 4.79 Å². The first kappa shape index (κ1) is 22.7. The fraction of sp³-hybridized carbons (Fsp3) is 0.310. The van der Waals surface area contributed by atoms with Gasteiger partial charge in [0.25, 0.3) is 5.91 Å². The first-order valence-electron chi connectivity index (χ1n) is 12.1. The molecule has 5 heteroatoms. The molecule has 0 unspecified atom stereocenters. The van der Waals surface area contributed by atoms with E-state index in [-0.39, 0.29) is 11.9 Å². The molecular formula is C29H31N3OS. The fourth-order valence-corrected chi connectivity index (χ4v) is 6.24. The minimum atomic E-state index is 0.0861. The summed E-state index contributed by atoms with van der Waals surface area (Å²) in [6.45, 7) is 6.51. The molecule has 5 rings (SSSR count). The molecule has 1 aromatic heterocycles. The molecule has 174 valence electrons. The van der Waals surface area contributed by atoms with Crippen molar-refractivity contribution in [3.05, 3.63) is 88.6 Å². The van der Waals surface area contributed by atoms with Crippen molar-refractivity contribution in [1.29, 1.82) is 0 Å². The Hall–Kier alpha value is -3.05. The van der Waals surface area contributed by atoms with Gasteiger partial charge >= 0.3 is 0 Å². The Labute approximate surface area is 206 Å². The maximum absolute atomic E-state index is 13.8. The molecule has 1 amide bonds. The van der Waals surface area contributed by atoms with Crippen molar-refractivity contribution in [2.45, 2.75) is 52.5 Å². The van der Waals surface area contributed by atoms with Gasteiger partial charge in [-0.15, -0.1) is 0 Å². The van der Waals surface area contributed by atoms with E-state index < -0.39 is 0 Å². The predicted molar refractivity (Wildman–Crippen MR) is 143 cm³/mol. The minimum absolute atomic E-state index is 0.0861. The van der Waals surface area contributed by atoms with E-state index in [4.69, 9.17) is 4.99 Å². The summed E-state index contributed by atoms with van der Waals surface area (Å²) >= 11 is 1.51. The van der Waals surface area contributed by atoms with Gasteiger partial charge in [0.05, 0.1) is 10.6 Å². The number of carbonyl (C=O) groups excluding carboxylic acids is 1. The third-order valence-corrected chi connectivity index (χ3v) is 7.97. The van der Waals surface area contributed by atoms with Crippen LogP contribution in [0.1, 0.15) is 49.6 Å². The zero-order valence-corrected chi connectivity index (χ0v) is 20.9. The number of amides is 1. The van der Waals surface area contributed by atoms with Gasteiger partial charge in [-0.05, 0) is 86.3 Å². The summed E-state index contributed by atoms with van der Waals surface area (Å²) in [5.41, 5.74) is 5.39. The molecule has 2 aromatic carbocycles. The summed E-state index contributed by atoms with van der Waals surface area (Å²) in [4.78, 5) is 21.4. The number of hydrogen-bond acceptors (Lipinski definition) is 3. The topological polar surface area (TPSA) is 37.6 Å². The summed E-state index contributed by atoms with van der Waals surface area (Å²) < 4.78 is 2.25. The van der Waals surface area contributed by atoms with Crippen LogP contribution in [0.15, 0.2) is 76.6 Å². The highest BCUT2D eigenvalue weighted by Crippen LogP contribution is 2.40. The highest BCUT2D eigenvalue weighted by Gasteiger charge is 2.41. The van der Waals surface area contributed by atoms with E-state index in [2.05, 4.69) is 61.7 Å². The molecule has 2 heterocycles. The van der Waals surface area contributed by atoms with Gasteiger partial charge in [0.15, 0.2) is 5.17 Å². The van der Waals surface area contributed by atoms with Crippen LogP contribution in [0, 0.1) is 19.8 Å². The Morgan fingerprint density at radius 3 is 2.35 bits per heavy atom. The second-order valence-electron chi connectivity index (χ2n) is 9.34. The van der Waals surface area contributed by atoms with Crippen molar-refractivity contribution >= 4 is 34.6 Å². The van der Waals surface area contributed by atoms with E-state index in [1.807, 2.05) is 41.3 Å². The lowest BCUT2D eigenvalue weighted by Gasteiger charge is -2.35. The van der Waals surface area contributed by atoms with Crippen LogP contribution in [0.5, 0.6) is 0 Å². The van der Waals surface area contributed by atoms with Gasteiger partial charge in [-0.25, -0.2) is 4.99 Å². The smallest absolute Gasteiger partial charge is 0.267 e. The van der Waals surface area contributed by atoms with Gasteiger partial charge in [0.2, 0.25) is 0 Å². The van der Waals surface area contributed by atoms with E-state index in [0.717, 1.165) is 51.2 Å². The largest absolute Gasteiger partial charge is 0.318 e. The van der Waals surface area contributed by atoms with Gasteiger partial charge in [-0.2, -0.15) is 0 Å². The number of hydrogen-bond donors (Lipinski definition) is 0. The molecule has 2 fully saturated rings. The zero-order valence-electron chi connectivity index (χ0n) is 20.1. The molecular weight excluding hydrogens is 438 g/mol. The van der Waals surface area contributed by atoms with Crippen molar-refractivity contribution < 1.29 is 4.79 Å². The molecule has 0 spiro atoms. The summed E-state index contributed by atoms with van der Waals surface area (Å²) in [5, 5.41) is 0.804. The molecule has 1 aliphatic carbocycles. The fourth-order valence-electron chi connectivity index (χ4n) is 5.20. The number of aliphatic imine (C=N–C) groups is 1. The van der Waals surface area contributed by atoms with Gasteiger partial charge in [0.1, 0.15) is 0 Å². The van der Waals surface area contributed by atoms with Gasteiger partial charge in [0, 0.05) is 23.1 Å². The SMILES string of the molecule is Cc1cc(/C=C2\SC(=Nc3ccccc3)N([C@@H]3CCCC[C@H]3C)C2=O)c(C)n1-c1ccccc1. The number of aryl methyl sites for hydroxylation is 1. The van der Waals surface area contributed by atoms with Crippen LogP contribution in [0.2, 0.25) is 0 Å². The van der Waals surface area contributed by atoms with Crippen LogP contribution < -0.4 is 0 Å². The molecule has 3 aromatic rings. The van der Waals surface area contributed by atoms with Crippen LogP contribution in [0.25, 0.3) is 11.8 Å². The molecule has 0 bridgehead atoms. The van der Waals surface area contributed by atoms with Crippen molar-refractivity contribution in [2.75, 3.05) is 0 Å². The molecule has 1 saturated carbocycles. The number of thioether (sulfide) groups is 1. The first-order chi connectivity index (χ1) is 16.5. The van der Waals surface area contributed by atoms with E-state index in [0.29, 0.717) is 5.92 Å². The maximum Gasteiger partial charge on any atom is 0.267 e. The monoisotopic (exact) mass is 469 g/mol. The first-order valence-corrected chi connectivity index (χ1v) is 13.0. The normalized spacial score (nSPS) is 23.3. The summed E-state index contributed by atoms with van der Waals surface area (Å²) in [7, 11) is 0. The van der Waals surface area contributed by atoms with Crippen molar-refractivity contribution in [3.8, 4) is 5.69 Å². The third-order valence-electron chi connectivity index (χ3n) is 6.99. The summed E-state index contributed by atoms with van der Waals surface area (Å²) in [5.74, 6) is 0.560. The number of aromatic nitrogens is 1. The van der Waals surface area contributed by atoms with E-state index >= 15 is 0 Å². The van der Waals surface area contributed by atoms with E-state index in [1.54, 1.807) is 0 Å².